The number of hydrogen-bond donors (Lipinski definition) is 3. The zero-order valence-corrected chi connectivity index (χ0v) is 18.0. The van der Waals surface area contributed by atoms with Crippen molar-refractivity contribution in [2.45, 2.75) is 32.4 Å². The largest absolute Gasteiger partial charge is 0.488 e. The molecule has 4 rings (SSSR count). The Hall–Kier alpha value is -3.06. The predicted octanol–water partition coefficient (Wildman–Crippen LogP) is 3.69. The van der Waals surface area contributed by atoms with Crippen LogP contribution in [-0.2, 0) is 17.7 Å². The highest BCUT2D eigenvalue weighted by Gasteiger charge is 2.18. The monoisotopic (exact) mass is 424 g/mol. The van der Waals surface area contributed by atoms with Gasteiger partial charge < -0.3 is 25.1 Å². The highest BCUT2D eigenvalue weighted by molar-refractivity contribution is 5.83. The molecule has 164 valence electrons. The lowest BCUT2D eigenvalue weighted by Crippen LogP contribution is -2.38. The second-order valence-corrected chi connectivity index (χ2v) is 7.82. The maximum Gasteiger partial charge on any atom is 0.191 e. The van der Waals surface area contributed by atoms with Crippen LogP contribution in [0.5, 0.6) is 5.75 Å². The third-order valence-electron chi connectivity index (χ3n) is 5.49. The number of aromatic nitrogens is 1. The summed E-state index contributed by atoms with van der Waals surface area (Å²) in [6.45, 7) is 4.73. The Morgan fingerprint density at radius 2 is 2.13 bits per heavy atom. The van der Waals surface area contributed by atoms with Crippen LogP contribution in [0.4, 0.5) is 4.39 Å². The van der Waals surface area contributed by atoms with Crippen molar-refractivity contribution in [1.82, 2.24) is 15.6 Å². The van der Waals surface area contributed by atoms with Crippen LogP contribution in [0.25, 0.3) is 10.9 Å². The molecule has 1 unspecified atom stereocenters. The number of H-pyrrole nitrogens is 1. The van der Waals surface area contributed by atoms with Crippen LogP contribution in [0, 0.1) is 12.7 Å². The van der Waals surface area contributed by atoms with Crippen molar-refractivity contribution in [3.05, 3.63) is 65.1 Å². The number of aliphatic imine (C=N–C) groups is 1. The first-order chi connectivity index (χ1) is 15.1. The van der Waals surface area contributed by atoms with Crippen molar-refractivity contribution in [2.24, 2.45) is 4.99 Å². The number of aryl methyl sites for hydroxylation is 1. The topological polar surface area (TPSA) is 70.7 Å². The van der Waals surface area contributed by atoms with Gasteiger partial charge in [0.15, 0.2) is 5.96 Å². The minimum absolute atomic E-state index is 0.110. The molecule has 2 aromatic carbocycles. The van der Waals surface area contributed by atoms with E-state index in [9.17, 15) is 4.39 Å². The average Bonchev–Trinajstić information content (AvgIpc) is 3.41. The lowest BCUT2D eigenvalue weighted by atomic mass is 10.1. The summed E-state index contributed by atoms with van der Waals surface area (Å²) >= 11 is 0. The van der Waals surface area contributed by atoms with E-state index in [1.165, 1.54) is 6.07 Å². The van der Waals surface area contributed by atoms with E-state index < -0.39 is 0 Å². The molecular weight excluding hydrogens is 395 g/mol. The van der Waals surface area contributed by atoms with Gasteiger partial charge in [0.2, 0.25) is 0 Å². The third-order valence-corrected chi connectivity index (χ3v) is 5.49. The summed E-state index contributed by atoms with van der Waals surface area (Å²) in [4.78, 5) is 7.51. The molecule has 0 saturated carbocycles. The molecule has 1 aliphatic rings. The summed E-state index contributed by atoms with van der Waals surface area (Å²) < 4.78 is 25.2. The van der Waals surface area contributed by atoms with Crippen molar-refractivity contribution >= 4 is 16.9 Å². The summed E-state index contributed by atoms with van der Waals surface area (Å²) in [5.41, 5.74) is 4.26. The normalized spacial score (nSPS) is 16.6. The number of halogens is 1. The number of nitrogens with one attached hydrogen (secondary N) is 3. The Balaban J connectivity index is 1.33. The quantitative estimate of drug-likeness (QED) is 0.400. The highest BCUT2D eigenvalue weighted by atomic mass is 19.1. The molecule has 31 heavy (non-hydrogen) atoms. The summed E-state index contributed by atoms with van der Waals surface area (Å²) in [7, 11) is 1.75. The molecule has 6 nitrogen and oxygen atoms in total. The molecule has 0 radical (unpaired) electrons. The Morgan fingerprint density at radius 3 is 2.94 bits per heavy atom. The lowest BCUT2D eigenvalue weighted by molar-refractivity contribution is 0.140. The molecule has 1 atom stereocenters. The van der Waals surface area contributed by atoms with E-state index >= 15 is 0 Å². The fraction of sp³-hybridized carbons (Fsp3) is 0.375. The van der Waals surface area contributed by atoms with Crippen LogP contribution in [-0.4, -0.2) is 43.9 Å². The first kappa shape index (κ1) is 21.2. The Labute approximate surface area is 181 Å². The van der Waals surface area contributed by atoms with Gasteiger partial charge in [-0.15, -0.1) is 0 Å². The zero-order chi connectivity index (χ0) is 21.6. The van der Waals surface area contributed by atoms with Gasteiger partial charge in [-0.05, 0) is 48.7 Å². The van der Waals surface area contributed by atoms with Gasteiger partial charge >= 0.3 is 0 Å². The van der Waals surface area contributed by atoms with Gasteiger partial charge in [0.1, 0.15) is 17.7 Å². The number of benzene rings is 2. The van der Waals surface area contributed by atoms with Crippen LogP contribution in [0.15, 0.2) is 47.6 Å². The number of aromatic amines is 1. The second-order valence-electron chi connectivity index (χ2n) is 7.82. The summed E-state index contributed by atoms with van der Waals surface area (Å²) in [5, 5.41) is 7.61. The maximum absolute atomic E-state index is 13.6. The van der Waals surface area contributed by atoms with Gasteiger partial charge in [0.25, 0.3) is 0 Å². The van der Waals surface area contributed by atoms with Crippen LogP contribution in [0.2, 0.25) is 0 Å². The molecule has 3 aromatic rings. The minimum Gasteiger partial charge on any atom is -0.488 e. The predicted molar refractivity (Wildman–Crippen MR) is 121 cm³/mol. The fourth-order valence-corrected chi connectivity index (χ4v) is 3.78. The molecule has 0 aliphatic carbocycles. The van der Waals surface area contributed by atoms with E-state index in [0.29, 0.717) is 25.7 Å². The standard InChI is InChI=1S/C24H29FN4O2/c1-16-3-4-18(23(11-16)31-20-8-10-30-15-20)14-29-24(26-2)27-9-7-17-13-28-22-6-5-19(25)12-21(17)22/h3-6,11-13,20,28H,7-10,14-15H2,1-2H3,(H2,26,27,29). The van der Waals surface area contributed by atoms with Crippen molar-refractivity contribution in [3.8, 4) is 5.75 Å². The van der Waals surface area contributed by atoms with Crippen molar-refractivity contribution in [3.63, 3.8) is 0 Å². The molecule has 3 N–H and O–H groups in total. The van der Waals surface area contributed by atoms with E-state index in [-0.39, 0.29) is 11.9 Å². The smallest absolute Gasteiger partial charge is 0.191 e. The van der Waals surface area contributed by atoms with E-state index in [2.05, 4.69) is 45.7 Å². The zero-order valence-electron chi connectivity index (χ0n) is 18.0. The Bertz CT molecular complexity index is 1060. The van der Waals surface area contributed by atoms with Crippen LogP contribution in [0.3, 0.4) is 0 Å². The molecule has 0 spiro atoms. The molecule has 2 heterocycles. The number of hydrogen-bond acceptors (Lipinski definition) is 3. The number of rotatable bonds is 7. The number of fused-ring (bicyclic) bond motifs is 1. The fourth-order valence-electron chi connectivity index (χ4n) is 3.78. The third kappa shape index (κ3) is 5.35. The first-order valence-electron chi connectivity index (χ1n) is 10.7. The van der Waals surface area contributed by atoms with Crippen LogP contribution in [0.1, 0.15) is 23.1 Å². The Morgan fingerprint density at radius 1 is 1.23 bits per heavy atom. The van der Waals surface area contributed by atoms with Gasteiger partial charge in [0, 0.05) is 49.2 Å². The van der Waals surface area contributed by atoms with Crippen molar-refractivity contribution in [2.75, 3.05) is 26.8 Å². The molecule has 1 saturated heterocycles. The van der Waals surface area contributed by atoms with Crippen LogP contribution < -0.4 is 15.4 Å². The van der Waals surface area contributed by atoms with Crippen LogP contribution >= 0.6 is 0 Å². The Kier molecular flexibility index (Phi) is 6.72. The van der Waals surface area contributed by atoms with E-state index in [1.807, 2.05) is 6.20 Å². The van der Waals surface area contributed by atoms with Crippen molar-refractivity contribution < 1.29 is 13.9 Å². The van der Waals surface area contributed by atoms with Gasteiger partial charge in [-0.1, -0.05) is 12.1 Å². The average molecular weight is 425 g/mol. The van der Waals surface area contributed by atoms with Gasteiger partial charge in [0.05, 0.1) is 13.2 Å². The summed E-state index contributed by atoms with van der Waals surface area (Å²) in [6.07, 6.45) is 3.72. The minimum atomic E-state index is -0.223. The summed E-state index contributed by atoms with van der Waals surface area (Å²) in [6, 6.07) is 11.0. The molecular formula is C24H29FN4O2. The lowest BCUT2D eigenvalue weighted by Gasteiger charge is -2.18. The second kappa shape index (κ2) is 9.83. The molecule has 1 fully saturated rings. The molecule has 0 bridgehead atoms. The summed E-state index contributed by atoms with van der Waals surface area (Å²) in [5.74, 6) is 1.38. The van der Waals surface area contributed by atoms with Gasteiger partial charge in [-0.3, -0.25) is 4.99 Å². The number of ether oxygens (including phenoxy) is 2. The first-order valence-corrected chi connectivity index (χ1v) is 10.7. The van der Waals surface area contributed by atoms with Gasteiger partial charge in [-0.25, -0.2) is 4.39 Å². The molecule has 1 aromatic heterocycles. The van der Waals surface area contributed by atoms with Gasteiger partial charge in [-0.2, -0.15) is 0 Å². The molecule has 7 heteroatoms. The van der Waals surface area contributed by atoms with E-state index in [1.54, 1.807) is 19.2 Å². The molecule has 0 amide bonds. The molecule has 1 aliphatic heterocycles. The van der Waals surface area contributed by atoms with E-state index in [0.717, 1.165) is 52.8 Å². The number of guanidine groups is 1. The van der Waals surface area contributed by atoms with E-state index in [4.69, 9.17) is 9.47 Å². The van der Waals surface area contributed by atoms with Crippen molar-refractivity contribution in [1.29, 1.82) is 0 Å². The number of nitrogens with zero attached hydrogens (tertiary/aromatic N) is 1. The maximum atomic E-state index is 13.6. The highest BCUT2D eigenvalue weighted by Crippen LogP contribution is 2.24. The SMILES string of the molecule is CN=C(NCCc1c[nH]c2ccc(F)cc12)NCc1ccc(C)cc1OC1CCOC1.